The topological polar surface area (TPSA) is 52.3 Å². The average molecular weight is 247 g/mol. The van der Waals surface area contributed by atoms with Crippen LogP contribution in [0.25, 0.3) is 0 Å². The minimum Gasteiger partial charge on any atom is -0.468 e. The van der Waals surface area contributed by atoms with Gasteiger partial charge in [0.25, 0.3) is 0 Å². The number of benzene rings is 1. The summed E-state index contributed by atoms with van der Waals surface area (Å²) >= 11 is 0. The Labute approximate surface area is 96.4 Å². The van der Waals surface area contributed by atoms with Crippen LogP contribution in [-0.2, 0) is 22.1 Å². The lowest BCUT2D eigenvalue weighted by Crippen LogP contribution is -2.33. The molecule has 94 valence electrons. The number of hydrogen-bond donors (Lipinski definition) is 1. The van der Waals surface area contributed by atoms with Crippen molar-refractivity contribution < 1.29 is 22.7 Å². The van der Waals surface area contributed by atoms with Gasteiger partial charge in [-0.2, -0.15) is 13.2 Å². The maximum absolute atomic E-state index is 12.4. The fourth-order valence-corrected chi connectivity index (χ4v) is 1.36. The van der Waals surface area contributed by atoms with E-state index in [9.17, 15) is 18.0 Å². The molecule has 0 saturated heterocycles. The molecular formula is C11H12F3NO2. The number of rotatable bonds is 3. The first-order valence-electron chi connectivity index (χ1n) is 4.84. The number of carbonyl (C=O) groups is 1. The second kappa shape index (κ2) is 5.18. The van der Waals surface area contributed by atoms with Crippen molar-refractivity contribution in [2.24, 2.45) is 5.73 Å². The Bertz CT molecular complexity index is 404. The Morgan fingerprint density at radius 1 is 1.47 bits per heavy atom. The van der Waals surface area contributed by atoms with E-state index in [-0.39, 0.29) is 6.42 Å². The molecule has 17 heavy (non-hydrogen) atoms. The summed E-state index contributed by atoms with van der Waals surface area (Å²) in [6, 6.07) is 3.75. The van der Waals surface area contributed by atoms with Crippen LogP contribution in [0, 0.1) is 0 Å². The first-order valence-corrected chi connectivity index (χ1v) is 4.84. The fraction of sp³-hybridized carbons (Fsp3) is 0.364. The molecule has 2 N–H and O–H groups in total. The van der Waals surface area contributed by atoms with Crippen molar-refractivity contribution in [3.63, 3.8) is 0 Å². The lowest BCUT2D eigenvalue weighted by atomic mass is 10.0. The van der Waals surface area contributed by atoms with E-state index in [1.165, 1.54) is 19.2 Å². The second-order valence-corrected chi connectivity index (χ2v) is 3.53. The van der Waals surface area contributed by atoms with E-state index >= 15 is 0 Å². The molecule has 0 heterocycles. The van der Waals surface area contributed by atoms with E-state index in [1.54, 1.807) is 0 Å². The van der Waals surface area contributed by atoms with E-state index in [1.807, 2.05) is 0 Å². The van der Waals surface area contributed by atoms with Crippen LogP contribution in [0.5, 0.6) is 0 Å². The summed E-state index contributed by atoms with van der Waals surface area (Å²) in [6.45, 7) is 0. The van der Waals surface area contributed by atoms with Crippen molar-refractivity contribution in [3.05, 3.63) is 35.4 Å². The van der Waals surface area contributed by atoms with E-state index in [4.69, 9.17) is 5.73 Å². The Morgan fingerprint density at radius 2 is 2.12 bits per heavy atom. The highest BCUT2D eigenvalue weighted by atomic mass is 19.4. The smallest absolute Gasteiger partial charge is 0.416 e. The van der Waals surface area contributed by atoms with Crippen LogP contribution in [0.1, 0.15) is 11.1 Å². The molecule has 1 atom stereocenters. The molecule has 6 heteroatoms. The van der Waals surface area contributed by atoms with Gasteiger partial charge in [0.1, 0.15) is 6.04 Å². The summed E-state index contributed by atoms with van der Waals surface area (Å²) in [7, 11) is 1.17. The number of methoxy groups -OCH3 is 1. The lowest BCUT2D eigenvalue weighted by Gasteiger charge is -2.11. The summed E-state index contributed by atoms with van der Waals surface area (Å²) in [6.07, 6.45) is -4.39. The molecule has 0 fully saturated rings. The third-order valence-electron chi connectivity index (χ3n) is 2.21. The molecule has 0 aromatic heterocycles. The molecule has 0 saturated carbocycles. The van der Waals surface area contributed by atoms with E-state index in [2.05, 4.69) is 4.74 Å². The van der Waals surface area contributed by atoms with Crippen LogP contribution in [0.2, 0.25) is 0 Å². The number of hydrogen-bond acceptors (Lipinski definition) is 3. The molecular weight excluding hydrogens is 235 g/mol. The molecule has 0 spiro atoms. The van der Waals surface area contributed by atoms with Crippen molar-refractivity contribution in [1.29, 1.82) is 0 Å². The molecule has 0 aliphatic carbocycles. The van der Waals surface area contributed by atoms with Crippen LogP contribution < -0.4 is 5.73 Å². The molecule has 0 aliphatic heterocycles. The van der Waals surface area contributed by atoms with Gasteiger partial charge in [-0.15, -0.1) is 0 Å². The molecule has 0 aliphatic rings. The van der Waals surface area contributed by atoms with Crippen LogP contribution in [-0.4, -0.2) is 19.1 Å². The molecule has 1 aromatic carbocycles. The van der Waals surface area contributed by atoms with Crippen molar-refractivity contribution in [2.75, 3.05) is 7.11 Å². The molecule has 0 bridgehead atoms. The van der Waals surface area contributed by atoms with Crippen LogP contribution in [0.15, 0.2) is 24.3 Å². The Hall–Kier alpha value is -1.56. The van der Waals surface area contributed by atoms with Gasteiger partial charge in [-0.1, -0.05) is 18.2 Å². The molecule has 0 amide bonds. The van der Waals surface area contributed by atoms with E-state index in [0.29, 0.717) is 5.56 Å². The monoisotopic (exact) mass is 247 g/mol. The molecule has 0 radical (unpaired) electrons. The predicted octanol–water partition coefficient (Wildman–Crippen LogP) is 1.75. The fourth-order valence-electron chi connectivity index (χ4n) is 1.36. The van der Waals surface area contributed by atoms with Crippen molar-refractivity contribution in [2.45, 2.75) is 18.6 Å². The summed E-state index contributed by atoms with van der Waals surface area (Å²) in [4.78, 5) is 11.0. The standard InChI is InChI=1S/C11H12F3NO2/c1-17-10(16)9(15)6-7-3-2-4-8(5-7)11(12,13)14/h2-5,9H,6,15H2,1H3/t9-/m1/s1. The maximum atomic E-state index is 12.4. The zero-order valence-corrected chi connectivity index (χ0v) is 9.12. The highest BCUT2D eigenvalue weighted by molar-refractivity contribution is 5.75. The minimum absolute atomic E-state index is 0.0105. The predicted molar refractivity (Wildman–Crippen MR) is 55.1 cm³/mol. The Balaban J connectivity index is 2.83. The van der Waals surface area contributed by atoms with E-state index in [0.717, 1.165) is 12.1 Å². The summed E-state index contributed by atoms with van der Waals surface area (Å²) in [5, 5.41) is 0. The van der Waals surface area contributed by atoms with Gasteiger partial charge in [0.2, 0.25) is 0 Å². The molecule has 3 nitrogen and oxygen atoms in total. The zero-order valence-electron chi connectivity index (χ0n) is 9.12. The largest absolute Gasteiger partial charge is 0.468 e. The summed E-state index contributed by atoms with van der Waals surface area (Å²) in [5.41, 5.74) is 5.05. The number of ether oxygens (including phenoxy) is 1. The third kappa shape index (κ3) is 3.74. The number of carbonyl (C=O) groups excluding carboxylic acids is 1. The summed E-state index contributed by atoms with van der Waals surface area (Å²) < 4.78 is 41.6. The lowest BCUT2D eigenvalue weighted by molar-refractivity contribution is -0.142. The number of halogens is 3. The van der Waals surface area contributed by atoms with Crippen LogP contribution in [0.3, 0.4) is 0 Å². The van der Waals surface area contributed by atoms with Gasteiger partial charge in [-0.3, -0.25) is 4.79 Å². The number of alkyl halides is 3. The van der Waals surface area contributed by atoms with Gasteiger partial charge in [-0.05, 0) is 18.1 Å². The Morgan fingerprint density at radius 3 is 2.65 bits per heavy atom. The number of nitrogens with two attached hydrogens (primary N) is 1. The molecule has 1 aromatic rings. The highest BCUT2D eigenvalue weighted by Gasteiger charge is 2.30. The van der Waals surface area contributed by atoms with Crippen LogP contribution >= 0.6 is 0 Å². The van der Waals surface area contributed by atoms with Gasteiger partial charge < -0.3 is 10.5 Å². The van der Waals surface area contributed by atoms with Crippen molar-refractivity contribution in [1.82, 2.24) is 0 Å². The highest BCUT2D eigenvalue weighted by Crippen LogP contribution is 2.29. The van der Waals surface area contributed by atoms with Gasteiger partial charge in [0.05, 0.1) is 12.7 Å². The Kier molecular flexibility index (Phi) is 4.11. The van der Waals surface area contributed by atoms with Gasteiger partial charge in [0.15, 0.2) is 0 Å². The summed E-state index contributed by atoms with van der Waals surface area (Å²) in [5.74, 6) is -0.651. The molecule has 1 rings (SSSR count). The maximum Gasteiger partial charge on any atom is 0.416 e. The van der Waals surface area contributed by atoms with Gasteiger partial charge in [0, 0.05) is 0 Å². The second-order valence-electron chi connectivity index (χ2n) is 3.53. The van der Waals surface area contributed by atoms with Crippen molar-refractivity contribution in [3.8, 4) is 0 Å². The zero-order chi connectivity index (χ0) is 13.1. The van der Waals surface area contributed by atoms with Gasteiger partial charge in [-0.25, -0.2) is 0 Å². The minimum atomic E-state index is -4.40. The van der Waals surface area contributed by atoms with Crippen molar-refractivity contribution >= 4 is 5.97 Å². The van der Waals surface area contributed by atoms with Crippen LogP contribution in [0.4, 0.5) is 13.2 Å². The first kappa shape index (κ1) is 13.5. The first-order chi connectivity index (χ1) is 7.84. The quantitative estimate of drug-likeness (QED) is 0.828. The number of esters is 1. The SMILES string of the molecule is COC(=O)[C@H](N)Cc1cccc(C(F)(F)F)c1. The van der Waals surface area contributed by atoms with Gasteiger partial charge >= 0.3 is 12.1 Å². The normalized spacial score (nSPS) is 13.2. The average Bonchev–Trinajstić information content (AvgIpc) is 2.27. The van der Waals surface area contributed by atoms with E-state index < -0.39 is 23.8 Å². The third-order valence-corrected chi connectivity index (χ3v) is 2.21. The molecule has 0 unspecified atom stereocenters.